The highest BCUT2D eigenvalue weighted by Crippen LogP contribution is 1.90. The number of rotatable bonds is 3. The molecular weight excluding hydrogens is 250 g/mol. The summed E-state index contributed by atoms with van der Waals surface area (Å²) in [6.07, 6.45) is 0. The Kier molecular flexibility index (Phi) is 13.5. The predicted octanol–water partition coefficient (Wildman–Crippen LogP) is 1.10. The van der Waals surface area contributed by atoms with Crippen molar-refractivity contribution in [2.45, 2.75) is 33.2 Å². The second-order valence-corrected chi connectivity index (χ2v) is 4.50. The van der Waals surface area contributed by atoms with Gasteiger partial charge in [0.2, 0.25) is 0 Å². The maximum atomic E-state index is 10.2. The van der Waals surface area contributed by atoms with E-state index in [4.69, 9.17) is 15.9 Å². The monoisotopic (exact) mass is 275 g/mol. The third-order valence-corrected chi connectivity index (χ3v) is 1.31. The summed E-state index contributed by atoms with van der Waals surface area (Å²) in [6.45, 7) is 13.1. The lowest BCUT2D eigenvalue weighted by molar-refractivity contribution is -0.136. The Morgan fingerprint density at radius 3 is 1.47 bits per heavy atom. The molecule has 112 valence electrons. The normalized spacial score (nSPS) is 9.00. The molecule has 0 aliphatic heterocycles. The van der Waals surface area contributed by atoms with Crippen LogP contribution in [-0.2, 0) is 14.3 Å². The first-order valence-corrected chi connectivity index (χ1v) is 5.41. The third-order valence-electron chi connectivity index (χ3n) is 1.31. The van der Waals surface area contributed by atoms with Gasteiger partial charge in [0.05, 0.1) is 13.7 Å². The van der Waals surface area contributed by atoms with Gasteiger partial charge in [-0.25, -0.2) is 9.59 Å². The molecule has 0 aromatic rings. The van der Waals surface area contributed by atoms with Crippen LogP contribution in [0.25, 0.3) is 0 Å². The van der Waals surface area contributed by atoms with E-state index in [1.807, 2.05) is 0 Å². The Morgan fingerprint density at radius 1 is 1.21 bits per heavy atom. The van der Waals surface area contributed by atoms with Gasteiger partial charge >= 0.3 is 11.9 Å². The number of methoxy groups -OCH3 is 1. The van der Waals surface area contributed by atoms with E-state index in [1.54, 1.807) is 20.8 Å². The van der Waals surface area contributed by atoms with Gasteiger partial charge in [0.25, 0.3) is 0 Å². The minimum Gasteiger partial charge on any atom is -0.478 e. The topological polar surface area (TPSA) is 110 Å². The Balaban J connectivity index is -0.000000203. The fourth-order valence-electron chi connectivity index (χ4n) is 0.174. The lowest BCUT2D eigenvalue weighted by Gasteiger charge is -2.12. The Labute approximate surface area is 114 Å². The summed E-state index contributed by atoms with van der Waals surface area (Å²) in [5, 5.41) is 16.2. The maximum absolute atomic E-state index is 10.2. The van der Waals surface area contributed by atoms with Crippen LogP contribution in [0.3, 0.4) is 0 Å². The fourth-order valence-corrected chi connectivity index (χ4v) is 0.174. The molecule has 0 fully saturated rings. The van der Waals surface area contributed by atoms with Crippen LogP contribution >= 0.6 is 0 Å². The van der Waals surface area contributed by atoms with E-state index in [1.165, 1.54) is 14.0 Å². The number of hydrogen-bond acceptors (Lipinski definition) is 5. The number of carboxylic acid groups (broad SMARTS) is 1. The molecule has 0 saturated heterocycles. The standard InChI is InChI=1S/C5H8O2.C4H11NO.C4H6O2/c1-4(2)5(6)7-3;1-4(2,5)3-6;1-3(2)4(5)6/h1H2,2-3H3;6H,3,5H2,1-2H3;1H2,2H3,(H,5,6). The summed E-state index contributed by atoms with van der Waals surface area (Å²) in [7, 11) is 1.33. The van der Waals surface area contributed by atoms with Crippen LogP contribution < -0.4 is 5.73 Å². The number of carbonyl (C=O) groups excluding carboxylic acids is 1. The van der Waals surface area contributed by atoms with Crippen molar-refractivity contribution in [3.05, 3.63) is 24.3 Å². The fraction of sp³-hybridized carbons (Fsp3) is 0.538. The van der Waals surface area contributed by atoms with Crippen LogP contribution in [0.2, 0.25) is 0 Å². The molecular formula is C13H25NO5. The minimum atomic E-state index is -0.935. The summed E-state index contributed by atoms with van der Waals surface area (Å²) >= 11 is 0. The maximum Gasteiger partial charge on any atom is 0.332 e. The molecule has 0 aromatic heterocycles. The molecule has 0 aliphatic rings. The second kappa shape index (κ2) is 11.4. The van der Waals surface area contributed by atoms with Crippen molar-refractivity contribution in [3.8, 4) is 0 Å². The highest BCUT2D eigenvalue weighted by molar-refractivity contribution is 5.86. The first-order chi connectivity index (χ1) is 8.38. The Morgan fingerprint density at radius 2 is 1.47 bits per heavy atom. The number of nitrogens with two attached hydrogens (primary N) is 1. The number of hydrogen-bond donors (Lipinski definition) is 3. The van der Waals surface area contributed by atoms with Crippen molar-refractivity contribution in [2.75, 3.05) is 13.7 Å². The summed E-state index contributed by atoms with van der Waals surface area (Å²) in [5.74, 6) is -1.28. The highest BCUT2D eigenvalue weighted by atomic mass is 16.5. The number of aliphatic carboxylic acids is 1. The summed E-state index contributed by atoms with van der Waals surface area (Å²) in [4.78, 5) is 19.8. The van der Waals surface area contributed by atoms with E-state index < -0.39 is 11.5 Å². The van der Waals surface area contributed by atoms with Gasteiger partial charge in [-0.2, -0.15) is 0 Å². The lowest BCUT2D eigenvalue weighted by Crippen LogP contribution is -2.35. The average molecular weight is 275 g/mol. The highest BCUT2D eigenvalue weighted by Gasteiger charge is 2.05. The van der Waals surface area contributed by atoms with E-state index >= 15 is 0 Å². The van der Waals surface area contributed by atoms with E-state index in [2.05, 4.69) is 17.9 Å². The molecule has 0 aliphatic carbocycles. The van der Waals surface area contributed by atoms with Crippen molar-refractivity contribution < 1.29 is 24.5 Å². The number of aliphatic hydroxyl groups excluding tert-OH is 1. The van der Waals surface area contributed by atoms with Gasteiger partial charge in [0.1, 0.15) is 0 Å². The molecule has 0 aromatic carbocycles. The van der Waals surface area contributed by atoms with Gasteiger partial charge < -0.3 is 20.7 Å². The predicted molar refractivity (Wildman–Crippen MR) is 74.6 cm³/mol. The molecule has 0 radical (unpaired) electrons. The number of esters is 1. The van der Waals surface area contributed by atoms with E-state index in [9.17, 15) is 9.59 Å². The first kappa shape index (κ1) is 22.5. The molecule has 6 nitrogen and oxygen atoms in total. The van der Waals surface area contributed by atoms with Gasteiger partial charge in [0.15, 0.2) is 0 Å². The van der Waals surface area contributed by atoms with Crippen molar-refractivity contribution in [1.82, 2.24) is 0 Å². The largest absolute Gasteiger partial charge is 0.478 e. The summed E-state index contributed by atoms with van der Waals surface area (Å²) in [6, 6.07) is 0. The number of aliphatic hydroxyl groups is 1. The van der Waals surface area contributed by atoms with Gasteiger partial charge in [0, 0.05) is 16.7 Å². The smallest absolute Gasteiger partial charge is 0.332 e. The Bertz CT molecular complexity index is 303. The van der Waals surface area contributed by atoms with Crippen LogP contribution in [0.5, 0.6) is 0 Å². The van der Waals surface area contributed by atoms with E-state index in [0.29, 0.717) is 5.57 Å². The summed E-state index contributed by atoms with van der Waals surface area (Å²) in [5.41, 5.74) is 5.49. The molecule has 0 heterocycles. The third kappa shape index (κ3) is 26.1. The zero-order valence-corrected chi connectivity index (χ0v) is 12.3. The van der Waals surface area contributed by atoms with Crippen LogP contribution in [-0.4, -0.2) is 41.4 Å². The molecule has 4 N–H and O–H groups in total. The van der Waals surface area contributed by atoms with Crippen molar-refractivity contribution in [1.29, 1.82) is 0 Å². The molecule has 6 heteroatoms. The lowest BCUT2D eigenvalue weighted by atomic mass is 10.1. The van der Waals surface area contributed by atoms with Crippen molar-refractivity contribution in [2.24, 2.45) is 5.73 Å². The minimum absolute atomic E-state index is 0.0486. The van der Waals surface area contributed by atoms with Gasteiger partial charge in [-0.05, 0) is 27.7 Å². The van der Waals surface area contributed by atoms with E-state index in [-0.39, 0.29) is 18.1 Å². The number of ether oxygens (including phenoxy) is 1. The first-order valence-electron chi connectivity index (χ1n) is 5.41. The van der Waals surface area contributed by atoms with Crippen LogP contribution in [0.15, 0.2) is 24.3 Å². The van der Waals surface area contributed by atoms with Crippen molar-refractivity contribution >= 4 is 11.9 Å². The average Bonchev–Trinajstić information content (AvgIpc) is 2.28. The summed E-state index contributed by atoms with van der Waals surface area (Å²) < 4.78 is 4.27. The molecule has 0 saturated carbocycles. The molecule has 0 rings (SSSR count). The van der Waals surface area contributed by atoms with Crippen LogP contribution in [0.1, 0.15) is 27.7 Å². The van der Waals surface area contributed by atoms with Crippen LogP contribution in [0.4, 0.5) is 0 Å². The molecule has 0 bridgehead atoms. The van der Waals surface area contributed by atoms with Crippen LogP contribution in [0, 0.1) is 0 Å². The molecule has 0 amide bonds. The molecule has 0 atom stereocenters. The molecule has 0 spiro atoms. The Hall–Kier alpha value is -1.66. The quantitative estimate of drug-likeness (QED) is 0.525. The van der Waals surface area contributed by atoms with E-state index in [0.717, 1.165) is 0 Å². The molecule has 0 unspecified atom stereocenters. The van der Waals surface area contributed by atoms with Gasteiger partial charge in [-0.3, -0.25) is 0 Å². The van der Waals surface area contributed by atoms with Gasteiger partial charge in [-0.1, -0.05) is 13.2 Å². The number of carbonyl (C=O) groups is 2. The SMILES string of the molecule is C=C(C)C(=O)O.C=C(C)C(=O)OC.CC(C)(N)CO. The molecule has 19 heavy (non-hydrogen) atoms. The zero-order chi connectivity index (χ0) is 16.2. The second-order valence-electron chi connectivity index (χ2n) is 4.50. The zero-order valence-electron chi connectivity index (χ0n) is 12.3. The van der Waals surface area contributed by atoms with Gasteiger partial charge in [-0.15, -0.1) is 0 Å². The van der Waals surface area contributed by atoms with Crippen molar-refractivity contribution in [3.63, 3.8) is 0 Å². The number of carboxylic acids is 1.